The number of ether oxygens (including phenoxy) is 1. The van der Waals surface area contributed by atoms with Gasteiger partial charge in [0.1, 0.15) is 17.3 Å². The predicted octanol–water partition coefficient (Wildman–Crippen LogP) is 4.65. The third-order valence-electron chi connectivity index (χ3n) is 5.90. The van der Waals surface area contributed by atoms with Gasteiger partial charge in [-0.05, 0) is 60.5 Å². The number of aliphatic hydroxyl groups excluding tert-OH is 1. The molecule has 0 spiro atoms. The van der Waals surface area contributed by atoms with E-state index >= 15 is 0 Å². The van der Waals surface area contributed by atoms with E-state index in [4.69, 9.17) is 4.74 Å². The summed E-state index contributed by atoms with van der Waals surface area (Å²) in [6.07, 6.45) is 0. The molecule has 1 aliphatic rings. The normalized spacial score (nSPS) is 17.5. The SMILES string of the molecule is COc1ccc(/C(O)=C2\C(=O)C(=O)N(c3nc4ccccc4[nH]3)C2c2ccc(F)cc2)cc1C. The molecule has 34 heavy (non-hydrogen) atoms. The lowest BCUT2D eigenvalue weighted by molar-refractivity contribution is -0.132. The van der Waals surface area contributed by atoms with Gasteiger partial charge >= 0.3 is 5.91 Å². The maximum Gasteiger partial charge on any atom is 0.302 e. The van der Waals surface area contributed by atoms with E-state index < -0.39 is 23.5 Å². The van der Waals surface area contributed by atoms with Crippen molar-refractivity contribution in [2.24, 2.45) is 0 Å². The molecule has 1 unspecified atom stereocenters. The van der Waals surface area contributed by atoms with Crippen molar-refractivity contribution in [2.45, 2.75) is 13.0 Å². The molecule has 0 saturated carbocycles. The van der Waals surface area contributed by atoms with Crippen LogP contribution in [0.3, 0.4) is 0 Å². The fourth-order valence-electron chi connectivity index (χ4n) is 4.25. The number of rotatable bonds is 4. The van der Waals surface area contributed by atoms with E-state index in [0.717, 1.165) is 5.56 Å². The summed E-state index contributed by atoms with van der Waals surface area (Å²) >= 11 is 0. The zero-order chi connectivity index (χ0) is 24.0. The van der Waals surface area contributed by atoms with Gasteiger partial charge in [-0.1, -0.05) is 24.3 Å². The number of methoxy groups -OCH3 is 1. The second-order valence-corrected chi connectivity index (χ2v) is 7.98. The summed E-state index contributed by atoms with van der Waals surface area (Å²) in [5, 5.41) is 11.2. The maximum absolute atomic E-state index is 13.7. The van der Waals surface area contributed by atoms with E-state index in [1.807, 2.05) is 12.1 Å². The average Bonchev–Trinajstić information content (AvgIpc) is 3.37. The van der Waals surface area contributed by atoms with Crippen molar-refractivity contribution in [1.29, 1.82) is 0 Å². The highest BCUT2D eigenvalue weighted by Gasteiger charge is 2.48. The maximum atomic E-state index is 13.7. The summed E-state index contributed by atoms with van der Waals surface area (Å²) in [6, 6.07) is 16.6. The van der Waals surface area contributed by atoms with Crippen molar-refractivity contribution in [3.8, 4) is 5.75 Å². The van der Waals surface area contributed by atoms with E-state index in [-0.39, 0.29) is 17.3 Å². The number of aryl methyl sites for hydroxylation is 1. The van der Waals surface area contributed by atoms with Crippen molar-refractivity contribution in [3.63, 3.8) is 0 Å². The van der Waals surface area contributed by atoms with Crippen LogP contribution < -0.4 is 9.64 Å². The minimum atomic E-state index is -1.01. The number of hydrogen-bond donors (Lipinski definition) is 2. The van der Waals surface area contributed by atoms with Crippen molar-refractivity contribution >= 4 is 34.4 Å². The Hall–Kier alpha value is -4.46. The molecule has 170 valence electrons. The highest BCUT2D eigenvalue weighted by molar-refractivity contribution is 6.51. The third-order valence-corrected chi connectivity index (χ3v) is 5.90. The second kappa shape index (κ2) is 8.15. The van der Waals surface area contributed by atoms with Gasteiger partial charge in [0.2, 0.25) is 5.95 Å². The van der Waals surface area contributed by atoms with Crippen molar-refractivity contribution < 1.29 is 23.8 Å². The lowest BCUT2D eigenvalue weighted by Crippen LogP contribution is -2.30. The van der Waals surface area contributed by atoms with Gasteiger partial charge < -0.3 is 14.8 Å². The van der Waals surface area contributed by atoms with Gasteiger partial charge in [0.05, 0.1) is 29.8 Å². The molecule has 4 aromatic rings. The molecule has 2 heterocycles. The van der Waals surface area contributed by atoms with Crippen LogP contribution >= 0.6 is 0 Å². The zero-order valence-electron chi connectivity index (χ0n) is 18.4. The number of amides is 1. The molecule has 1 aromatic heterocycles. The van der Waals surface area contributed by atoms with Gasteiger partial charge in [0, 0.05) is 5.56 Å². The van der Waals surface area contributed by atoms with Crippen molar-refractivity contribution in [1.82, 2.24) is 9.97 Å². The molecule has 7 nitrogen and oxygen atoms in total. The number of para-hydroxylation sites is 2. The van der Waals surface area contributed by atoms with Crippen LogP contribution in [0, 0.1) is 12.7 Å². The number of imidazole rings is 1. The molecule has 0 radical (unpaired) electrons. The molecule has 1 amide bonds. The molecule has 0 bridgehead atoms. The number of aromatic nitrogens is 2. The fraction of sp³-hybridized carbons (Fsp3) is 0.115. The molecule has 1 aliphatic heterocycles. The molecular formula is C26H20FN3O4. The molecule has 2 N–H and O–H groups in total. The number of halogens is 1. The topological polar surface area (TPSA) is 95.5 Å². The number of carbonyl (C=O) groups excluding carboxylic acids is 2. The van der Waals surface area contributed by atoms with Crippen molar-refractivity contribution in [3.05, 3.63) is 94.8 Å². The van der Waals surface area contributed by atoms with Crippen LogP contribution in [-0.4, -0.2) is 33.9 Å². The van der Waals surface area contributed by atoms with Gasteiger partial charge in [-0.2, -0.15) is 0 Å². The highest BCUT2D eigenvalue weighted by Crippen LogP contribution is 2.42. The van der Waals surface area contributed by atoms with E-state index in [1.54, 1.807) is 37.3 Å². The molecule has 5 rings (SSSR count). The van der Waals surface area contributed by atoms with Gasteiger partial charge in [-0.25, -0.2) is 9.37 Å². The number of nitrogens with one attached hydrogen (secondary N) is 1. The zero-order valence-corrected chi connectivity index (χ0v) is 18.4. The van der Waals surface area contributed by atoms with E-state index in [2.05, 4.69) is 9.97 Å². The van der Waals surface area contributed by atoms with Crippen LogP contribution in [0.15, 0.2) is 72.3 Å². The molecule has 1 saturated heterocycles. The molecule has 3 aromatic carbocycles. The first-order valence-corrected chi connectivity index (χ1v) is 10.5. The number of hydrogen-bond acceptors (Lipinski definition) is 5. The predicted molar refractivity (Wildman–Crippen MR) is 125 cm³/mol. The van der Waals surface area contributed by atoms with Gasteiger partial charge in [-0.3, -0.25) is 14.5 Å². The van der Waals surface area contributed by atoms with Crippen LogP contribution in [0.4, 0.5) is 10.3 Å². The first kappa shape index (κ1) is 21.4. The Morgan fingerprint density at radius 1 is 1.09 bits per heavy atom. The lowest BCUT2D eigenvalue weighted by atomic mass is 9.95. The monoisotopic (exact) mass is 457 g/mol. The number of Topliss-reactive ketones (excluding diaryl/α,β-unsaturated/α-hetero) is 1. The molecule has 8 heteroatoms. The second-order valence-electron chi connectivity index (χ2n) is 7.98. The summed E-state index contributed by atoms with van der Waals surface area (Å²) in [4.78, 5) is 35.2. The standard InChI is InChI=1S/C26H20FN3O4/c1-14-13-16(9-12-20(14)34-2)23(31)21-22(15-7-10-17(27)11-8-15)30(25(33)24(21)32)26-28-18-5-3-4-6-19(18)29-26/h3-13,22,31H,1-2H3,(H,28,29)/b23-21+. The Balaban J connectivity index is 1.72. The van der Waals surface area contributed by atoms with E-state index in [9.17, 15) is 19.1 Å². The van der Waals surface area contributed by atoms with Crippen LogP contribution in [0.5, 0.6) is 5.75 Å². The van der Waals surface area contributed by atoms with Crippen LogP contribution in [0.2, 0.25) is 0 Å². The minimum absolute atomic E-state index is 0.110. The van der Waals surface area contributed by atoms with E-state index in [1.165, 1.54) is 36.3 Å². The number of aliphatic hydroxyl groups is 1. The lowest BCUT2D eigenvalue weighted by Gasteiger charge is -2.23. The number of fused-ring (bicyclic) bond motifs is 1. The molecule has 1 fully saturated rings. The first-order valence-electron chi connectivity index (χ1n) is 10.5. The largest absolute Gasteiger partial charge is 0.507 e. The Bertz CT molecular complexity index is 1440. The number of aromatic amines is 1. The third kappa shape index (κ3) is 3.40. The molecule has 1 atom stereocenters. The quantitative estimate of drug-likeness (QED) is 0.264. The van der Waals surface area contributed by atoms with Gasteiger partial charge in [0.25, 0.3) is 5.78 Å². The van der Waals surface area contributed by atoms with E-state index in [0.29, 0.717) is 27.9 Å². The summed E-state index contributed by atoms with van der Waals surface area (Å²) in [5.41, 5.74) is 2.74. The van der Waals surface area contributed by atoms with Crippen LogP contribution in [0.1, 0.15) is 22.7 Å². The minimum Gasteiger partial charge on any atom is -0.507 e. The molecule has 0 aliphatic carbocycles. The Labute approximate surface area is 194 Å². The van der Waals surface area contributed by atoms with Crippen LogP contribution in [-0.2, 0) is 9.59 Å². The van der Waals surface area contributed by atoms with Crippen LogP contribution in [0.25, 0.3) is 16.8 Å². The summed E-state index contributed by atoms with van der Waals surface area (Å²) in [5.74, 6) is -1.73. The first-order chi connectivity index (χ1) is 16.4. The van der Waals surface area contributed by atoms with Gasteiger partial charge in [-0.15, -0.1) is 0 Å². The van der Waals surface area contributed by atoms with Gasteiger partial charge in [0.15, 0.2) is 0 Å². The van der Waals surface area contributed by atoms with Crippen molar-refractivity contribution in [2.75, 3.05) is 12.0 Å². The number of H-pyrrole nitrogens is 1. The average molecular weight is 457 g/mol. The molecular weight excluding hydrogens is 437 g/mol. The number of nitrogens with zero attached hydrogens (tertiary/aromatic N) is 2. The summed E-state index contributed by atoms with van der Waals surface area (Å²) in [6.45, 7) is 1.81. The Kier molecular flexibility index (Phi) is 5.13. The number of anilines is 1. The number of benzene rings is 3. The number of carbonyl (C=O) groups is 2. The Morgan fingerprint density at radius 3 is 2.50 bits per heavy atom. The smallest absolute Gasteiger partial charge is 0.302 e. The fourth-order valence-corrected chi connectivity index (χ4v) is 4.25. The summed E-state index contributed by atoms with van der Waals surface area (Å²) in [7, 11) is 1.54. The highest BCUT2D eigenvalue weighted by atomic mass is 19.1. The summed E-state index contributed by atoms with van der Waals surface area (Å²) < 4.78 is 19.0. The number of ketones is 1. The Morgan fingerprint density at radius 2 is 1.82 bits per heavy atom.